The Morgan fingerprint density at radius 3 is 2.79 bits per heavy atom. The van der Waals surface area contributed by atoms with E-state index in [0.717, 1.165) is 29.2 Å². The zero-order valence-corrected chi connectivity index (χ0v) is 11.4. The summed E-state index contributed by atoms with van der Waals surface area (Å²) in [5, 5.41) is 12.1. The molecule has 100 valence electrons. The molecule has 1 aliphatic rings. The zero-order chi connectivity index (χ0) is 13.5. The van der Waals surface area contributed by atoms with Gasteiger partial charge in [0.2, 0.25) is 0 Å². The molecule has 1 fully saturated rings. The van der Waals surface area contributed by atoms with E-state index in [9.17, 15) is 0 Å². The van der Waals surface area contributed by atoms with E-state index in [1.54, 1.807) is 0 Å². The molecule has 2 N–H and O–H groups in total. The van der Waals surface area contributed by atoms with Gasteiger partial charge in [-0.15, -0.1) is 5.10 Å². The minimum absolute atomic E-state index is 0.348. The number of rotatable bonds is 3. The predicted molar refractivity (Wildman–Crippen MR) is 74.4 cm³/mol. The number of benzene rings is 1. The SMILES string of the molecule is Cc1ccc(-c2nnnn2CC2(C)CCC2)cc1N. The van der Waals surface area contributed by atoms with E-state index >= 15 is 0 Å². The van der Waals surface area contributed by atoms with E-state index in [4.69, 9.17) is 5.73 Å². The monoisotopic (exact) mass is 257 g/mol. The first-order valence-corrected chi connectivity index (χ1v) is 6.70. The highest BCUT2D eigenvalue weighted by Crippen LogP contribution is 2.42. The van der Waals surface area contributed by atoms with Crippen molar-refractivity contribution in [2.24, 2.45) is 5.41 Å². The fourth-order valence-corrected chi connectivity index (χ4v) is 2.60. The van der Waals surface area contributed by atoms with Crippen molar-refractivity contribution in [3.63, 3.8) is 0 Å². The summed E-state index contributed by atoms with van der Waals surface area (Å²) in [4.78, 5) is 0. The second kappa shape index (κ2) is 4.33. The molecule has 0 unspecified atom stereocenters. The van der Waals surface area contributed by atoms with Crippen LogP contribution in [0.1, 0.15) is 31.7 Å². The molecule has 1 saturated carbocycles. The molecule has 0 saturated heterocycles. The lowest BCUT2D eigenvalue weighted by molar-refractivity contribution is 0.126. The molecular weight excluding hydrogens is 238 g/mol. The molecule has 1 aromatic heterocycles. The number of tetrazole rings is 1. The molecule has 1 aromatic carbocycles. The largest absolute Gasteiger partial charge is 0.398 e. The molecule has 0 radical (unpaired) electrons. The van der Waals surface area contributed by atoms with Crippen LogP contribution in [0.4, 0.5) is 5.69 Å². The summed E-state index contributed by atoms with van der Waals surface area (Å²) in [5.74, 6) is 0.805. The van der Waals surface area contributed by atoms with Crippen LogP contribution in [-0.2, 0) is 6.54 Å². The minimum atomic E-state index is 0.348. The van der Waals surface area contributed by atoms with E-state index in [1.807, 2.05) is 29.8 Å². The van der Waals surface area contributed by atoms with E-state index in [-0.39, 0.29) is 0 Å². The number of nitrogen functional groups attached to an aromatic ring is 1. The molecule has 0 atom stereocenters. The average Bonchev–Trinajstić information content (AvgIpc) is 2.79. The zero-order valence-electron chi connectivity index (χ0n) is 11.4. The topological polar surface area (TPSA) is 69.6 Å². The number of anilines is 1. The van der Waals surface area contributed by atoms with Gasteiger partial charge in [-0.25, -0.2) is 4.68 Å². The van der Waals surface area contributed by atoms with Crippen LogP contribution < -0.4 is 5.73 Å². The highest BCUT2D eigenvalue weighted by atomic mass is 15.5. The maximum Gasteiger partial charge on any atom is 0.182 e. The first-order chi connectivity index (χ1) is 9.07. The van der Waals surface area contributed by atoms with E-state index in [1.165, 1.54) is 19.3 Å². The first-order valence-electron chi connectivity index (χ1n) is 6.70. The van der Waals surface area contributed by atoms with Crippen molar-refractivity contribution in [3.8, 4) is 11.4 Å². The smallest absolute Gasteiger partial charge is 0.182 e. The molecule has 2 aromatic rings. The fourth-order valence-electron chi connectivity index (χ4n) is 2.60. The van der Waals surface area contributed by atoms with Crippen LogP contribution in [0.3, 0.4) is 0 Å². The van der Waals surface area contributed by atoms with E-state index in [2.05, 4.69) is 22.4 Å². The van der Waals surface area contributed by atoms with Crippen LogP contribution >= 0.6 is 0 Å². The van der Waals surface area contributed by atoms with Gasteiger partial charge in [-0.3, -0.25) is 0 Å². The summed E-state index contributed by atoms with van der Waals surface area (Å²) >= 11 is 0. The minimum Gasteiger partial charge on any atom is -0.398 e. The van der Waals surface area contributed by atoms with Gasteiger partial charge in [0.25, 0.3) is 0 Å². The van der Waals surface area contributed by atoms with Crippen molar-refractivity contribution in [1.82, 2.24) is 20.2 Å². The summed E-state index contributed by atoms with van der Waals surface area (Å²) < 4.78 is 1.91. The number of aromatic nitrogens is 4. The summed E-state index contributed by atoms with van der Waals surface area (Å²) in [6, 6.07) is 5.98. The van der Waals surface area contributed by atoms with Crippen molar-refractivity contribution in [2.45, 2.75) is 39.7 Å². The lowest BCUT2D eigenvalue weighted by Crippen LogP contribution is -2.31. The van der Waals surface area contributed by atoms with Crippen molar-refractivity contribution < 1.29 is 0 Å². The molecular formula is C14H19N5. The van der Waals surface area contributed by atoms with Crippen LogP contribution in [-0.4, -0.2) is 20.2 Å². The predicted octanol–water partition coefficient (Wildman–Crippen LogP) is 2.42. The van der Waals surface area contributed by atoms with Crippen LogP contribution in [0.2, 0.25) is 0 Å². The Bertz CT molecular complexity index is 598. The second-order valence-corrected chi connectivity index (χ2v) is 5.90. The lowest BCUT2D eigenvalue weighted by Gasteiger charge is -2.38. The Kier molecular flexibility index (Phi) is 2.77. The number of nitrogens with two attached hydrogens (primary N) is 1. The molecule has 1 aliphatic carbocycles. The van der Waals surface area contributed by atoms with Gasteiger partial charge in [0, 0.05) is 11.3 Å². The summed E-state index contributed by atoms with van der Waals surface area (Å²) in [6.07, 6.45) is 3.82. The molecule has 5 nitrogen and oxygen atoms in total. The van der Waals surface area contributed by atoms with E-state index < -0.39 is 0 Å². The van der Waals surface area contributed by atoms with Crippen molar-refractivity contribution in [2.75, 3.05) is 5.73 Å². The third-order valence-electron chi connectivity index (χ3n) is 4.16. The van der Waals surface area contributed by atoms with Crippen LogP contribution in [0.5, 0.6) is 0 Å². The van der Waals surface area contributed by atoms with Gasteiger partial charge < -0.3 is 5.73 Å². The quantitative estimate of drug-likeness (QED) is 0.857. The normalized spacial score (nSPS) is 17.2. The molecule has 0 amide bonds. The van der Waals surface area contributed by atoms with Crippen molar-refractivity contribution in [1.29, 1.82) is 0 Å². The molecule has 5 heteroatoms. The maximum atomic E-state index is 5.96. The summed E-state index contributed by atoms with van der Waals surface area (Å²) in [7, 11) is 0. The maximum absolute atomic E-state index is 5.96. The number of hydrogen-bond acceptors (Lipinski definition) is 4. The van der Waals surface area contributed by atoms with Gasteiger partial charge in [0.15, 0.2) is 5.82 Å². The molecule has 0 bridgehead atoms. The van der Waals surface area contributed by atoms with Gasteiger partial charge in [0.1, 0.15) is 0 Å². The molecule has 0 aliphatic heterocycles. The average molecular weight is 257 g/mol. The lowest BCUT2D eigenvalue weighted by atomic mass is 9.70. The van der Waals surface area contributed by atoms with Gasteiger partial charge in [-0.05, 0) is 47.2 Å². The molecule has 19 heavy (non-hydrogen) atoms. The van der Waals surface area contributed by atoms with Crippen molar-refractivity contribution >= 4 is 5.69 Å². The Hall–Kier alpha value is -1.91. The molecule has 0 spiro atoms. The Morgan fingerprint density at radius 2 is 2.16 bits per heavy atom. The fraction of sp³-hybridized carbons (Fsp3) is 0.500. The van der Waals surface area contributed by atoms with Crippen LogP contribution in [0, 0.1) is 12.3 Å². The van der Waals surface area contributed by atoms with Gasteiger partial charge in [-0.1, -0.05) is 25.5 Å². The number of aryl methyl sites for hydroxylation is 1. The summed E-state index contributed by atoms with van der Waals surface area (Å²) in [6.45, 7) is 5.17. The highest BCUT2D eigenvalue weighted by molar-refractivity contribution is 5.63. The molecule has 3 rings (SSSR count). The Balaban J connectivity index is 1.92. The highest BCUT2D eigenvalue weighted by Gasteiger charge is 2.33. The standard InChI is InChI=1S/C14H19N5/c1-10-4-5-11(8-12(10)15)13-16-17-18-19(13)9-14(2)6-3-7-14/h4-5,8H,3,6-7,9,15H2,1-2H3. The second-order valence-electron chi connectivity index (χ2n) is 5.90. The third-order valence-corrected chi connectivity index (χ3v) is 4.16. The van der Waals surface area contributed by atoms with Gasteiger partial charge in [0.05, 0.1) is 6.54 Å². The van der Waals surface area contributed by atoms with Gasteiger partial charge in [-0.2, -0.15) is 0 Å². The number of nitrogens with zero attached hydrogens (tertiary/aromatic N) is 4. The Morgan fingerprint density at radius 1 is 1.37 bits per heavy atom. The van der Waals surface area contributed by atoms with E-state index in [0.29, 0.717) is 5.41 Å². The summed E-state index contributed by atoms with van der Waals surface area (Å²) in [5.41, 5.74) is 9.15. The van der Waals surface area contributed by atoms with Crippen molar-refractivity contribution in [3.05, 3.63) is 23.8 Å². The van der Waals surface area contributed by atoms with Gasteiger partial charge >= 0.3 is 0 Å². The number of hydrogen-bond donors (Lipinski definition) is 1. The van der Waals surface area contributed by atoms with Crippen LogP contribution in [0.15, 0.2) is 18.2 Å². The van der Waals surface area contributed by atoms with Crippen LogP contribution in [0.25, 0.3) is 11.4 Å². The Labute approximate surface area is 112 Å². The first kappa shape index (κ1) is 12.1. The molecule has 1 heterocycles. The third kappa shape index (κ3) is 2.20.